The van der Waals surface area contributed by atoms with Crippen LogP contribution in [0.1, 0.15) is 9.67 Å². The lowest BCUT2D eigenvalue weighted by Crippen LogP contribution is -2.35. The maximum absolute atomic E-state index is 12.3. The molecule has 21 heavy (non-hydrogen) atoms. The molecule has 0 bridgehead atoms. The van der Waals surface area contributed by atoms with E-state index in [4.69, 9.17) is 0 Å². The van der Waals surface area contributed by atoms with E-state index in [1.165, 1.54) is 32.9 Å². The topological polar surface area (TPSA) is 53.5 Å². The molecule has 0 atom stereocenters. The third-order valence-corrected chi connectivity index (χ3v) is 5.24. The Balaban J connectivity index is 1.97. The fourth-order valence-electron chi connectivity index (χ4n) is 1.96. The molecule has 0 unspecified atom stereocenters. The van der Waals surface area contributed by atoms with E-state index in [-0.39, 0.29) is 18.4 Å². The maximum atomic E-state index is 12.3. The molecule has 0 saturated carbocycles. The molecule has 0 saturated heterocycles. The highest BCUT2D eigenvalue weighted by molar-refractivity contribution is 8.01. The molecule has 0 fully saturated rings. The highest BCUT2D eigenvalue weighted by atomic mass is 32.2. The Morgan fingerprint density at radius 3 is 2.62 bits per heavy atom. The van der Waals surface area contributed by atoms with Gasteiger partial charge in [0.05, 0.1) is 0 Å². The molecular weight excluding hydrogens is 306 g/mol. The average molecular weight is 319 g/mol. The van der Waals surface area contributed by atoms with Crippen molar-refractivity contribution in [2.45, 2.75) is 9.24 Å². The number of nitrogens with zero attached hydrogens (tertiary/aromatic N) is 3. The summed E-state index contributed by atoms with van der Waals surface area (Å²) in [7, 11) is 3.29. The summed E-state index contributed by atoms with van der Waals surface area (Å²) in [4.78, 5) is 33.2. The zero-order chi connectivity index (χ0) is 15.0. The summed E-state index contributed by atoms with van der Waals surface area (Å²) >= 11 is 2.82. The summed E-state index contributed by atoms with van der Waals surface area (Å²) in [5, 5.41) is 0. The summed E-state index contributed by atoms with van der Waals surface area (Å²) in [6.07, 6.45) is 0. The minimum absolute atomic E-state index is 0.0829. The van der Waals surface area contributed by atoms with Crippen LogP contribution in [-0.2, 0) is 4.79 Å². The van der Waals surface area contributed by atoms with Gasteiger partial charge in [-0.15, -0.1) is 0 Å². The van der Waals surface area contributed by atoms with Gasteiger partial charge in [0, 0.05) is 19.0 Å². The fourth-order valence-corrected chi connectivity index (χ4v) is 4.12. The van der Waals surface area contributed by atoms with Crippen LogP contribution in [0.2, 0.25) is 0 Å². The normalized spacial score (nSPS) is 15.1. The lowest BCUT2D eigenvalue weighted by molar-refractivity contribution is -0.118. The molecular formula is C14H13N3O2S2. The lowest BCUT2D eigenvalue weighted by atomic mass is 10.4. The number of likely N-dealkylation sites (N-methyl/N-ethyl adjacent to an activating group) is 2. The largest absolute Gasteiger partial charge is 0.332 e. The van der Waals surface area contributed by atoms with Gasteiger partial charge in [0.1, 0.15) is 11.4 Å². The van der Waals surface area contributed by atoms with Crippen molar-refractivity contribution in [1.29, 1.82) is 0 Å². The first-order valence-electron chi connectivity index (χ1n) is 6.32. The molecule has 0 N–H and O–H groups in total. The van der Waals surface area contributed by atoms with Crippen molar-refractivity contribution < 1.29 is 9.59 Å². The van der Waals surface area contributed by atoms with Crippen molar-refractivity contribution in [3.63, 3.8) is 0 Å². The second kappa shape index (κ2) is 5.50. The van der Waals surface area contributed by atoms with Crippen LogP contribution in [-0.4, -0.2) is 42.3 Å². The predicted molar refractivity (Wildman–Crippen MR) is 83.0 cm³/mol. The van der Waals surface area contributed by atoms with Gasteiger partial charge in [-0.05, 0) is 12.1 Å². The molecule has 2 heterocycles. The molecule has 0 radical (unpaired) electrons. The molecule has 7 heteroatoms. The molecule has 5 nitrogen and oxygen atoms in total. The van der Waals surface area contributed by atoms with E-state index in [1.54, 1.807) is 14.1 Å². The first kappa shape index (κ1) is 14.1. The number of hydrogen-bond acceptors (Lipinski definition) is 5. The van der Waals surface area contributed by atoms with Crippen LogP contribution in [0, 0.1) is 0 Å². The van der Waals surface area contributed by atoms with E-state index in [0.29, 0.717) is 10.7 Å². The van der Waals surface area contributed by atoms with E-state index in [2.05, 4.69) is 4.98 Å². The SMILES string of the molecule is CN1CC(=O)N(C)c2nc(Sc3ccccc3)sc2C1=O. The number of anilines is 1. The number of amides is 2. The van der Waals surface area contributed by atoms with E-state index in [0.717, 1.165) is 9.24 Å². The smallest absolute Gasteiger partial charge is 0.268 e. The van der Waals surface area contributed by atoms with Gasteiger partial charge >= 0.3 is 0 Å². The summed E-state index contributed by atoms with van der Waals surface area (Å²) in [5.74, 6) is 0.170. The van der Waals surface area contributed by atoms with Gasteiger partial charge < -0.3 is 4.90 Å². The molecule has 1 aromatic carbocycles. The summed E-state index contributed by atoms with van der Waals surface area (Å²) in [5.41, 5.74) is 0. The van der Waals surface area contributed by atoms with Crippen LogP contribution in [0.4, 0.5) is 5.82 Å². The van der Waals surface area contributed by atoms with Gasteiger partial charge in [-0.2, -0.15) is 0 Å². The van der Waals surface area contributed by atoms with Crippen molar-refractivity contribution in [2.75, 3.05) is 25.5 Å². The Bertz CT molecular complexity index is 699. The van der Waals surface area contributed by atoms with Crippen molar-refractivity contribution in [3.8, 4) is 0 Å². The van der Waals surface area contributed by atoms with Crippen LogP contribution in [0.3, 0.4) is 0 Å². The van der Waals surface area contributed by atoms with E-state index < -0.39 is 0 Å². The Morgan fingerprint density at radius 2 is 1.90 bits per heavy atom. The first-order valence-corrected chi connectivity index (χ1v) is 7.95. The van der Waals surface area contributed by atoms with Crippen LogP contribution < -0.4 is 4.90 Å². The molecule has 1 aliphatic heterocycles. The van der Waals surface area contributed by atoms with Crippen LogP contribution in [0.15, 0.2) is 39.6 Å². The maximum Gasteiger partial charge on any atom is 0.268 e. The Morgan fingerprint density at radius 1 is 1.19 bits per heavy atom. The van der Waals surface area contributed by atoms with Gasteiger partial charge in [-0.1, -0.05) is 41.3 Å². The standard InChI is InChI=1S/C14H13N3O2S2/c1-16-8-10(18)17(2)12-11(13(16)19)21-14(15-12)20-9-6-4-3-5-7-9/h3-7H,8H2,1-2H3. The number of carbonyl (C=O) groups is 2. The fraction of sp³-hybridized carbons (Fsp3) is 0.214. The summed E-state index contributed by atoms with van der Waals surface area (Å²) in [6.45, 7) is 0.0829. The van der Waals surface area contributed by atoms with Gasteiger partial charge in [-0.3, -0.25) is 14.5 Å². The van der Waals surface area contributed by atoms with E-state index in [1.807, 2.05) is 30.3 Å². The molecule has 0 aliphatic carbocycles. The van der Waals surface area contributed by atoms with E-state index in [9.17, 15) is 9.59 Å². The summed E-state index contributed by atoms with van der Waals surface area (Å²) < 4.78 is 0.759. The second-order valence-corrected chi connectivity index (χ2v) is 6.98. The quantitative estimate of drug-likeness (QED) is 0.852. The van der Waals surface area contributed by atoms with Crippen LogP contribution >= 0.6 is 23.1 Å². The highest BCUT2D eigenvalue weighted by Gasteiger charge is 2.31. The molecule has 2 amide bonds. The zero-order valence-electron chi connectivity index (χ0n) is 11.6. The van der Waals surface area contributed by atoms with Crippen molar-refractivity contribution >= 4 is 40.7 Å². The third kappa shape index (κ3) is 2.66. The van der Waals surface area contributed by atoms with Crippen LogP contribution in [0.5, 0.6) is 0 Å². The molecule has 0 spiro atoms. The van der Waals surface area contributed by atoms with Gasteiger partial charge in [0.2, 0.25) is 5.91 Å². The number of carbonyl (C=O) groups excluding carboxylic acids is 2. The highest BCUT2D eigenvalue weighted by Crippen LogP contribution is 2.37. The Labute approximate surface area is 130 Å². The van der Waals surface area contributed by atoms with Crippen molar-refractivity contribution in [3.05, 3.63) is 35.2 Å². The van der Waals surface area contributed by atoms with Crippen LogP contribution in [0.25, 0.3) is 0 Å². The molecule has 2 aromatic rings. The number of fused-ring (bicyclic) bond motifs is 1. The average Bonchev–Trinajstić information content (AvgIpc) is 2.87. The number of aromatic nitrogens is 1. The lowest BCUT2D eigenvalue weighted by Gasteiger charge is -2.14. The minimum Gasteiger partial charge on any atom is -0.332 e. The van der Waals surface area contributed by atoms with Gasteiger partial charge in [0.25, 0.3) is 5.91 Å². The molecule has 1 aliphatic rings. The Kier molecular flexibility index (Phi) is 3.69. The van der Waals surface area contributed by atoms with E-state index >= 15 is 0 Å². The van der Waals surface area contributed by atoms with Gasteiger partial charge in [0.15, 0.2) is 10.2 Å². The van der Waals surface area contributed by atoms with Gasteiger partial charge in [-0.25, -0.2) is 4.98 Å². The second-order valence-electron chi connectivity index (χ2n) is 4.66. The Hall–Kier alpha value is -1.86. The molecule has 1 aromatic heterocycles. The number of benzene rings is 1. The predicted octanol–water partition coefficient (Wildman–Crippen LogP) is 2.34. The first-order chi connectivity index (χ1) is 10.1. The minimum atomic E-state index is -0.153. The van der Waals surface area contributed by atoms with Crippen molar-refractivity contribution in [2.24, 2.45) is 0 Å². The molecule has 3 rings (SSSR count). The zero-order valence-corrected chi connectivity index (χ0v) is 13.2. The number of rotatable bonds is 2. The summed E-state index contributed by atoms with van der Waals surface area (Å²) in [6, 6.07) is 9.83. The monoisotopic (exact) mass is 319 g/mol. The number of thiazole rings is 1. The molecule has 108 valence electrons. The third-order valence-electron chi connectivity index (χ3n) is 3.14. The van der Waals surface area contributed by atoms with Crippen molar-refractivity contribution in [1.82, 2.24) is 9.88 Å². The number of hydrogen-bond donors (Lipinski definition) is 0.